The van der Waals surface area contributed by atoms with Crippen molar-refractivity contribution in [3.8, 4) is 0 Å². The predicted octanol–water partition coefficient (Wildman–Crippen LogP) is 0.571. The Morgan fingerprint density at radius 2 is 2.19 bits per heavy atom. The number of carboxylic acids is 1. The maximum atomic E-state index is 12.0. The number of carbonyl (C=O) groups is 2. The van der Waals surface area contributed by atoms with Gasteiger partial charge in [0.15, 0.2) is 0 Å². The van der Waals surface area contributed by atoms with Crippen molar-refractivity contribution >= 4 is 18.0 Å². The summed E-state index contributed by atoms with van der Waals surface area (Å²) in [7, 11) is 3.09. The molecular weight excluding hydrogens is 276 g/mol. The number of rotatable bonds is 8. The van der Waals surface area contributed by atoms with Crippen molar-refractivity contribution in [2.75, 3.05) is 27.4 Å². The highest BCUT2D eigenvalue weighted by Crippen LogP contribution is 2.05. The maximum absolute atomic E-state index is 12.0. The van der Waals surface area contributed by atoms with Gasteiger partial charge in [-0.05, 0) is 17.7 Å². The third kappa shape index (κ3) is 6.15. The first kappa shape index (κ1) is 16.8. The molecule has 0 aliphatic heterocycles. The minimum atomic E-state index is -1.06. The molecule has 0 aliphatic rings. The molecule has 1 rings (SSSR count). The highest BCUT2D eigenvalue weighted by atomic mass is 16.5. The summed E-state index contributed by atoms with van der Waals surface area (Å²) in [6, 6.07) is 1.56. The fourth-order valence-electron chi connectivity index (χ4n) is 1.55. The first-order chi connectivity index (χ1) is 10.1. The summed E-state index contributed by atoms with van der Waals surface area (Å²) in [5.41, 5.74) is 0.875. The van der Waals surface area contributed by atoms with E-state index in [9.17, 15) is 9.59 Å². The number of methoxy groups -OCH3 is 2. The summed E-state index contributed by atoms with van der Waals surface area (Å²) in [5.74, 6) is -1.38. The lowest BCUT2D eigenvalue weighted by Crippen LogP contribution is -2.35. The van der Waals surface area contributed by atoms with Crippen molar-refractivity contribution < 1.29 is 24.2 Å². The minimum absolute atomic E-state index is 0.234. The minimum Gasteiger partial charge on any atom is -0.478 e. The molecule has 0 saturated heterocycles. The lowest BCUT2D eigenvalue weighted by atomic mass is 10.2. The van der Waals surface area contributed by atoms with Gasteiger partial charge in [-0.25, -0.2) is 4.79 Å². The lowest BCUT2D eigenvalue weighted by Gasteiger charge is -2.14. The quantitative estimate of drug-likeness (QED) is 0.680. The summed E-state index contributed by atoms with van der Waals surface area (Å²) in [6.07, 6.45) is 5.00. The molecule has 0 aliphatic carbocycles. The summed E-state index contributed by atoms with van der Waals surface area (Å²) < 4.78 is 10.1. The van der Waals surface area contributed by atoms with Gasteiger partial charge in [0.25, 0.3) is 5.91 Å². The number of carboxylic acid groups (broad SMARTS) is 1. The first-order valence-electron chi connectivity index (χ1n) is 6.22. The van der Waals surface area contributed by atoms with E-state index in [4.69, 9.17) is 14.6 Å². The van der Waals surface area contributed by atoms with Gasteiger partial charge in [0.05, 0.1) is 18.3 Å². The number of aliphatic carboxylic acids is 1. The largest absolute Gasteiger partial charge is 0.478 e. The van der Waals surface area contributed by atoms with Crippen LogP contribution in [0.1, 0.15) is 15.9 Å². The number of carbonyl (C=O) groups excluding carboxylic acids is 1. The molecule has 1 aromatic heterocycles. The van der Waals surface area contributed by atoms with Crippen LogP contribution in [0.3, 0.4) is 0 Å². The number of amides is 1. The van der Waals surface area contributed by atoms with Crippen molar-refractivity contribution in [2.45, 2.75) is 6.10 Å². The van der Waals surface area contributed by atoms with Crippen LogP contribution in [0.5, 0.6) is 0 Å². The zero-order valence-electron chi connectivity index (χ0n) is 11.9. The Balaban J connectivity index is 2.65. The van der Waals surface area contributed by atoms with Gasteiger partial charge in [0, 0.05) is 39.2 Å². The van der Waals surface area contributed by atoms with Gasteiger partial charge >= 0.3 is 5.97 Å². The molecule has 1 amide bonds. The highest BCUT2D eigenvalue weighted by Gasteiger charge is 2.11. The Bertz CT molecular complexity index is 516. The summed E-state index contributed by atoms with van der Waals surface area (Å²) in [5, 5.41) is 11.3. The van der Waals surface area contributed by atoms with Gasteiger partial charge in [0.2, 0.25) is 0 Å². The van der Waals surface area contributed by atoms with Crippen LogP contribution in [0.15, 0.2) is 24.5 Å². The van der Waals surface area contributed by atoms with Crippen LogP contribution in [0.4, 0.5) is 0 Å². The van der Waals surface area contributed by atoms with Crippen LogP contribution in [-0.4, -0.2) is 55.4 Å². The number of pyridine rings is 1. The first-order valence-corrected chi connectivity index (χ1v) is 6.22. The molecule has 7 heteroatoms. The van der Waals surface area contributed by atoms with E-state index in [2.05, 4.69) is 10.3 Å². The number of aromatic nitrogens is 1. The van der Waals surface area contributed by atoms with Gasteiger partial charge in [-0.2, -0.15) is 0 Å². The van der Waals surface area contributed by atoms with E-state index in [-0.39, 0.29) is 12.0 Å². The van der Waals surface area contributed by atoms with Gasteiger partial charge in [-0.15, -0.1) is 0 Å². The molecule has 0 bridgehead atoms. The average Bonchev–Trinajstić information content (AvgIpc) is 2.49. The van der Waals surface area contributed by atoms with Gasteiger partial charge < -0.3 is 19.9 Å². The van der Waals surface area contributed by atoms with E-state index in [0.717, 1.165) is 6.08 Å². The van der Waals surface area contributed by atoms with E-state index in [1.807, 2.05) is 0 Å². The third-order valence-electron chi connectivity index (χ3n) is 2.62. The van der Waals surface area contributed by atoms with E-state index in [1.54, 1.807) is 13.2 Å². The number of nitrogens with zero attached hydrogens (tertiary/aromatic N) is 1. The van der Waals surface area contributed by atoms with Crippen molar-refractivity contribution in [3.05, 3.63) is 35.7 Å². The molecule has 0 fully saturated rings. The van der Waals surface area contributed by atoms with Crippen molar-refractivity contribution in [1.29, 1.82) is 0 Å². The summed E-state index contributed by atoms with van der Waals surface area (Å²) >= 11 is 0. The molecule has 21 heavy (non-hydrogen) atoms. The smallest absolute Gasteiger partial charge is 0.328 e. The van der Waals surface area contributed by atoms with Crippen LogP contribution in [0.25, 0.3) is 6.08 Å². The molecule has 114 valence electrons. The Labute approximate surface area is 122 Å². The molecule has 1 atom stereocenters. The second-order valence-corrected chi connectivity index (χ2v) is 4.20. The number of nitrogens with one attached hydrogen (secondary N) is 1. The standard InChI is InChI=1S/C14H18N2O5/c1-20-9-12(21-2)8-16-14(19)11-5-10(6-15-7-11)3-4-13(17)18/h3-7,12H,8-9H2,1-2H3,(H,16,19)(H,17,18)/b4-3+. The Morgan fingerprint density at radius 1 is 1.43 bits per heavy atom. The van der Waals surface area contributed by atoms with E-state index >= 15 is 0 Å². The normalized spacial score (nSPS) is 12.3. The molecule has 0 radical (unpaired) electrons. The molecule has 7 nitrogen and oxygen atoms in total. The van der Waals surface area contributed by atoms with E-state index in [1.165, 1.54) is 25.6 Å². The Hall–Kier alpha value is -2.25. The molecule has 2 N–H and O–H groups in total. The van der Waals surface area contributed by atoms with Crippen LogP contribution in [0, 0.1) is 0 Å². The van der Waals surface area contributed by atoms with Crippen LogP contribution >= 0.6 is 0 Å². The van der Waals surface area contributed by atoms with Crippen LogP contribution < -0.4 is 5.32 Å². The van der Waals surface area contributed by atoms with Gasteiger partial charge in [-0.1, -0.05) is 0 Å². The van der Waals surface area contributed by atoms with Crippen LogP contribution in [-0.2, 0) is 14.3 Å². The molecule has 0 saturated carbocycles. The molecule has 1 heterocycles. The Morgan fingerprint density at radius 3 is 2.81 bits per heavy atom. The number of hydrogen-bond donors (Lipinski definition) is 2. The zero-order chi connectivity index (χ0) is 15.7. The summed E-state index contributed by atoms with van der Waals surface area (Å²) in [6.45, 7) is 0.675. The van der Waals surface area contributed by atoms with E-state index < -0.39 is 5.97 Å². The third-order valence-corrected chi connectivity index (χ3v) is 2.62. The molecule has 0 spiro atoms. The fraction of sp³-hybridized carbons (Fsp3) is 0.357. The van der Waals surface area contributed by atoms with Gasteiger partial charge in [-0.3, -0.25) is 9.78 Å². The van der Waals surface area contributed by atoms with Crippen molar-refractivity contribution in [3.63, 3.8) is 0 Å². The Kier molecular flexibility index (Phi) is 7.06. The SMILES string of the molecule is COCC(CNC(=O)c1cncc(/C=C/C(=O)O)c1)OC. The number of ether oxygens (including phenoxy) is 2. The molecule has 1 aromatic rings. The van der Waals surface area contributed by atoms with Crippen molar-refractivity contribution in [1.82, 2.24) is 10.3 Å². The zero-order valence-corrected chi connectivity index (χ0v) is 11.9. The number of hydrogen-bond acceptors (Lipinski definition) is 5. The van der Waals surface area contributed by atoms with Crippen molar-refractivity contribution in [2.24, 2.45) is 0 Å². The predicted molar refractivity (Wildman–Crippen MR) is 75.9 cm³/mol. The second-order valence-electron chi connectivity index (χ2n) is 4.20. The average molecular weight is 294 g/mol. The van der Waals surface area contributed by atoms with Gasteiger partial charge in [0.1, 0.15) is 0 Å². The molecule has 0 aromatic carbocycles. The topological polar surface area (TPSA) is 97.8 Å². The highest BCUT2D eigenvalue weighted by molar-refractivity contribution is 5.94. The van der Waals surface area contributed by atoms with Crippen LogP contribution in [0.2, 0.25) is 0 Å². The lowest BCUT2D eigenvalue weighted by molar-refractivity contribution is -0.131. The summed E-state index contributed by atoms with van der Waals surface area (Å²) in [4.78, 5) is 26.3. The fourth-order valence-corrected chi connectivity index (χ4v) is 1.55. The van der Waals surface area contributed by atoms with E-state index in [0.29, 0.717) is 24.3 Å². The molecular formula is C14H18N2O5. The second kappa shape index (κ2) is 8.83. The molecule has 1 unspecified atom stereocenters. The maximum Gasteiger partial charge on any atom is 0.328 e. The monoisotopic (exact) mass is 294 g/mol.